The second-order valence-corrected chi connectivity index (χ2v) is 28.8. The molecule has 5 fully saturated rings. The lowest BCUT2D eigenvalue weighted by Gasteiger charge is -2.42. The van der Waals surface area contributed by atoms with Gasteiger partial charge in [-0.2, -0.15) is 0 Å². The lowest BCUT2D eigenvalue weighted by Crippen LogP contribution is -2.65. The number of hydrogen-bond acceptors (Lipinski definition) is 12. The predicted octanol–water partition coefficient (Wildman–Crippen LogP) is 4.48. The molecule has 0 radical (unpaired) electrons. The maximum Gasteiger partial charge on any atom is 0.248 e. The fourth-order valence-corrected chi connectivity index (χ4v) is 14.4. The molecule has 6 rings (SSSR count). The molecule has 1 spiro atoms. The average molecular weight is 1330 g/mol. The van der Waals surface area contributed by atoms with Gasteiger partial charge >= 0.3 is 0 Å². The largest absolute Gasteiger partial charge is 0.343 e. The molecule has 3 saturated heterocycles. The molecule has 12 amide bonds. The summed E-state index contributed by atoms with van der Waals surface area (Å²) < 4.78 is 0. The Hall–Kier alpha value is -6.85. The van der Waals surface area contributed by atoms with Gasteiger partial charge in [-0.05, 0) is 112 Å². The predicted molar refractivity (Wildman–Crippen MR) is 357 cm³/mol. The number of likely N-dealkylation sites (tertiary alicyclic amines) is 1. The second-order valence-electron chi connectivity index (χ2n) is 28.3. The third kappa shape index (κ3) is 19.4. The molecule has 0 bridgehead atoms. The van der Waals surface area contributed by atoms with E-state index in [1.54, 1.807) is 37.8 Å². The van der Waals surface area contributed by atoms with Gasteiger partial charge in [-0.1, -0.05) is 117 Å². The van der Waals surface area contributed by atoms with Crippen molar-refractivity contribution in [1.82, 2.24) is 60.0 Å². The van der Waals surface area contributed by atoms with Crippen LogP contribution in [0.3, 0.4) is 0 Å². The number of nitrogens with zero attached hydrogens (tertiary/aromatic N) is 9. The summed E-state index contributed by atoms with van der Waals surface area (Å²) in [5.41, 5.74) is -0.667. The molecule has 2 aliphatic carbocycles. The lowest BCUT2D eigenvalue weighted by atomic mass is 9.84. The van der Waals surface area contributed by atoms with Gasteiger partial charge in [0.2, 0.25) is 70.9 Å². The fourth-order valence-electron chi connectivity index (χ4n) is 14.3. The third-order valence-electron chi connectivity index (χ3n) is 20.5. The molecule has 3 aliphatic heterocycles. The third-order valence-corrected chi connectivity index (χ3v) is 20.7. The molecule has 0 aromatic heterocycles. The quantitative estimate of drug-likeness (QED) is 0.277. The van der Waals surface area contributed by atoms with Crippen molar-refractivity contribution >= 4 is 82.5 Å². The molecule has 0 unspecified atom stereocenters. The summed E-state index contributed by atoms with van der Waals surface area (Å²) in [5.74, 6) is -8.05. The van der Waals surface area contributed by atoms with Crippen LogP contribution in [0, 0.1) is 23.7 Å². The van der Waals surface area contributed by atoms with Crippen molar-refractivity contribution in [2.75, 3.05) is 88.6 Å². The van der Waals surface area contributed by atoms with Crippen LogP contribution in [-0.2, 0) is 64.0 Å². The van der Waals surface area contributed by atoms with Gasteiger partial charge in [-0.15, -0.1) is 0 Å². The highest BCUT2D eigenvalue weighted by Gasteiger charge is 2.50. The fraction of sp³-hybridized carbons (Fsp3) is 0.739. The number of carbonyl (C=O) groups excluding carboxylic acids is 12. The number of amides is 12. The first-order valence-electron chi connectivity index (χ1n) is 34.5. The summed E-state index contributed by atoms with van der Waals surface area (Å²) in [7, 11) is 10.2. The second kappa shape index (κ2) is 34.7. The van der Waals surface area contributed by atoms with Crippen molar-refractivity contribution in [3.8, 4) is 0 Å². The van der Waals surface area contributed by atoms with E-state index in [-0.39, 0.29) is 50.5 Å². The van der Waals surface area contributed by atoms with Gasteiger partial charge in [-0.25, -0.2) is 0 Å². The number of carbonyl (C=O) groups is 12. The van der Waals surface area contributed by atoms with Gasteiger partial charge in [0.05, 0.1) is 26.1 Å². The molecule has 3 N–H and O–H groups in total. The Morgan fingerprint density at radius 1 is 0.596 bits per heavy atom. The minimum atomic E-state index is -1.49. The van der Waals surface area contributed by atoms with Crippen molar-refractivity contribution in [2.24, 2.45) is 23.7 Å². The summed E-state index contributed by atoms with van der Waals surface area (Å²) in [6.07, 6.45) is 9.97. The number of halogens is 1. The minimum Gasteiger partial charge on any atom is -0.343 e. The summed E-state index contributed by atoms with van der Waals surface area (Å²) in [5, 5.41) is 9.43. The summed E-state index contributed by atoms with van der Waals surface area (Å²) >= 11 is 6.24. The van der Waals surface area contributed by atoms with Crippen molar-refractivity contribution in [3.05, 3.63) is 34.9 Å². The topological polar surface area (TPSA) is 270 Å². The standard InChI is InChI=1S/C69H109ClN12O12/c1-14-46(6)59-66(92)76(9)42-57(85)74(7)43-58(86)78(11)53(39-48-24-17-15-18-25-48)64(90)75(8)41-55(83)71-50(32-29-47-27-30-49(70)31-28-47)63(89)82-37-23-26-51(82)62(88)73-69(33-19-20-34-69)68(94)80(13)60(45(4)5)67(93)79(12)54(65(91)81-35-21-16-22-36-81)40-56(84)77(10)52(38-44(2)3)61(87)72-59/h27-28,30-31,44-46,48,50-54,59-60H,14-26,29,32-43H2,1-13H3,(H,71,83)(H,72,87)(H,73,88)/t46-,50-,51-,52-,53-,54-,59-,60-/m0/s1. The van der Waals surface area contributed by atoms with Crippen LogP contribution >= 0.6 is 11.6 Å². The Balaban J connectivity index is 1.40. The zero-order chi connectivity index (χ0) is 69.5. The van der Waals surface area contributed by atoms with E-state index in [9.17, 15) is 43.2 Å². The van der Waals surface area contributed by atoms with Gasteiger partial charge in [0.1, 0.15) is 47.8 Å². The molecular formula is C69H109ClN12O12. The first kappa shape index (κ1) is 76.2. The minimum absolute atomic E-state index is 0.0871. The van der Waals surface area contributed by atoms with Crippen LogP contribution in [0.25, 0.3) is 0 Å². The maximum absolute atomic E-state index is 15.4. The Labute approximate surface area is 562 Å². The van der Waals surface area contributed by atoms with E-state index in [0.29, 0.717) is 69.5 Å². The van der Waals surface area contributed by atoms with E-state index in [2.05, 4.69) is 16.0 Å². The van der Waals surface area contributed by atoms with Gasteiger partial charge in [0.15, 0.2) is 0 Å². The number of benzene rings is 1. The molecule has 5 aliphatic rings. The van der Waals surface area contributed by atoms with E-state index in [1.165, 1.54) is 88.5 Å². The highest BCUT2D eigenvalue weighted by Crippen LogP contribution is 2.35. The monoisotopic (exact) mass is 1330 g/mol. The highest BCUT2D eigenvalue weighted by molar-refractivity contribution is 6.30. The number of aryl methyl sites for hydroxylation is 1. The number of fused-ring (bicyclic) bond motifs is 1. The summed E-state index contributed by atoms with van der Waals surface area (Å²) in [6.45, 7) is 10.5. The molecule has 1 aromatic rings. The van der Waals surface area contributed by atoms with Crippen LogP contribution in [0.2, 0.25) is 5.02 Å². The van der Waals surface area contributed by atoms with Crippen LogP contribution in [-0.4, -0.2) is 251 Å². The lowest BCUT2D eigenvalue weighted by molar-refractivity contribution is -0.156. The van der Waals surface area contributed by atoms with Crippen molar-refractivity contribution in [2.45, 2.75) is 218 Å². The first-order valence-corrected chi connectivity index (χ1v) is 34.8. The summed E-state index contributed by atoms with van der Waals surface area (Å²) in [4.78, 5) is 189. The van der Waals surface area contributed by atoms with E-state index < -0.39 is 157 Å². The zero-order valence-electron chi connectivity index (χ0n) is 58.3. The van der Waals surface area contributed by atoms with Gasteiger partial charge < -0.3 is 60.0 Å². The van der Waals surface area contributed by atoms with Crippen LogP contribution in [0.5, 0.6) is 0 Å². The van der Waals surface area contributed by atoms with Crippen LogP contribution in [0.15, 0.2) is 24.3 Å². The van der Waals surface area contributed by atoms with Crippen molar-refractivity contribution in [3.63, 3.8) is 0 Å². The SMILES string of the molecule is CC[C@H](C)[C@@H]1NC(=O)[C@H](CC(C)C)N(C)C(=O)C[C@@H](C(=O)N2CCCCC2)N(C)C(=O)[C@H](C(C)C)N(C)C(=O)C2(CCCC2)NC(=O)[C@@H]2CCCN2C(=O)[C@H](CCc2ccc(Cl)cc2)NC(=O)CN(C)C(=O)[C@H](CC2CCCCC2)N(C)C(=O)CN(C)C(=O)CN(C)C1=O. The van der Waals surface area contributed by atoms with E-state index in [1.807, 2.05) is 32.9 Å². The van der Waals surface area contributed by atoms with Crippen LogP contribution in [0.4, 0.5) is 0 Å². The Kier molecular flexibility index (Phi) is 28.1. The highest BCUT2D eigenvalue weighted by atomic mass is 35.5. The normalized spacial score (nSPS) is 26.6. The molecular weight excluding hydrogens is 1220 g/mol. The smallest absolute Gasteiger partial charge is 0.248 e. The Morgan fingerprint density at radius 2 is 1.19 bits per heavy atom. The van der Waals surface area contributed by atoms with Crippen LogP contribution in [0.1, 0.15) is 169 Å². The summed E-state index contributed by atoms with van der Waals surface area (Å²) in [6, 6.07) is -1.09. The number of likely N-dealkylation sites (N-methyl/N-ethyl adjacent to an activating group) is 7. The Morgan fingerprint density at radius 3 is 1.80 bits per heavy atom. The average Bonchev–Trinajstić information content (AvgIpc) is 1.45. The van der Waals surface area contributed by atoms with Crippen LogP contribution < -0.4 is 16.0 Å². The molecule has 24 nitrogen and oxygen atoms in total. The van der Waals surface area contributed by atoms with Gasteiger partial charge in [-0.3, -0.25) is 57.5 Å². The molecule has 3 heterocycles. The van der Waals surface area contributed by atoms with Crippen molar-refractivity contribution < 1.29 is 57.5 Å². The molecule has 8 atom stereocenters. The molecule has 2 saturated carbocycles. The van der Waals surface area contributed by atoms with Gasteiger partial charge in [0, 0.05) is 74.0 Å². The molecule has 25 heteroatoms. The van der Waals surface area contributed by atoms with E-state index in [4.69, 9.17) is 11.6 Å². The zero-order valence-corrected chi connectivity index (χ0v) is 59.1. The maximum atomic E-state index is 15.4. The first-order chi connectivity index (χ1) is 44.4. The van der Waals surface area contributed by atoms with Gasteiger partial charge in [0.25, 0.3) is 0 Å². The van der Waals surface area contributed by atoms with E-state index >= 15 is 14.4 Å². The van der Waals surface area contributed by atoms with E-state index in [0.717, 1.165) is 44.1 Å². The number of piperidine rings is 1. The molecule has 94 heavy (non-hydrogen) atoms. The molecule has 1 aromatic carbocycles. The number of rotatable bonds is 11. The number of nitrogens with one attached hydrogen (secondary N) is 3. The molecule has 524 valence electrons. The van der Waals surface area contributed by atoms with Crippen molar-refractivity contribution in [1.29, 1.82) is 0 Å². The Bertz CT molecular complexity index is 2860. The number of hydrogen-bond donors (Lipinski definition) is 3.